The minimum atomic E-state index is -0.540. The summed E-state index contributed by atoms with van der Waals surface area (Å²) in [7, 11) is 0. The zero-order chi connectivity index (χ0) is 14.0. The topological polar surface area (TPSA) is 29.3 Å². The number of halogens is 2. The molecule has 1 heterocycles. The fourth-order valence-electron chi connectivity index (χ4n) is 2.80. The average molecular weight is 268 g/mol. The monoisotopic (exact) mass is 268 g/mol. The lowest BCUT2D eigenvalue weighted by molar-refractivity contribution is 0.0718. The third kappa shape index (κ3) is 2.95. The first-order chi connectivity index (χ1) is 8.93. The third-order valence-corrected chi connectivity index (χ3v) is 4.23. The predicted octanol–water partition coefficient (Wildman–Crippen LogP) is 3.23. The Labute approximate surface area is 113 Å². The van der Waals surface area contributed by atoms with Crippen LogP contribution in [0.1, 0.15) is 44.7 Å². The molecular formula is C15H22F2N2. The lowest BCUT2D eigenvalue weighted by Crippen LogP contribution is -2.53. The summed E-state index contributed by atoms with van der Waals surface area (Å²) < 4.78 is 27.2. The molecule has 19 heavy (non-hydrogen) atoms. The van der Waals surface area contributed by atoms with E-state index in [2.05, 4.69) is 4.90 Å². The van der Waals surface area contributed by atoms with Crippen LogP contribution in [0.3, 0.4) is 0 Å². The number of nitrogens with two attached hydrogens (primary N) is 1. The molecule has 106 valence electrons. The van der Waals surface area contributed by atoms with Crippen molar-refractivity contribution in [2.45, 2.75) is 44.7 Å². The van der Waals surface area contributed by atoms with Gasteiger partial charge in [-0.15, -0.1) is 0 Å². The molecule has 0 bridgehead atoms. The van der Waals surface area contributed by atoms with Crippen LogP contribution < -0.4 is 5.73 Å². The van der Waals surface area contributed by atoms with E-state index >= 15 is 0 Å². The molecule has 0 aliphatic carbocycles. The molecule has 1 aliphatic heterocycles. The van der Waals surface area contributed by atoms with Crippen LogP contribution >= 0.6 is 0 Å². The Balaban J connectivity index is 2.25. The number of rotatable bonds is 3. The number of hydrogen-bond acceptors (Lipinski definition) is 2. The maximum absolute atomic E-state index is 13.9. The number of benzene rings is 1. The van der Waals surface area contributed by atoms with Crippen LogP contribution in [-0.4, -0.2) is 23.5 Å². The molecule has 0 aromatic heterocycles. The molecule has 2 nitrogen and oxygen atoms in total. The Bertz CT molecular complexity index is 440. The first-order valence-electron chi connectivity index (χ1n) is 6.88. The molecule has 4 heteroatoms. The Morgan fingerprint density at radius 3 is 2.42 bits per heavy atom. The van der Waals surface area contributed by atoms with Crippen LogP contribution in [0.4, 0.5) is 8.78 Å². The Morgan fingerprint density at radius 2 is 1.79 bits per heavy atom. The van der Waals surface area contributed by atoms with Gasteiger partial charge >= 0.3 is 0 Å². The van der Waals surface area contributed by atoms with Gasteiger partial charge in [-0.25, -0.2) is 8.78 Å². The third-order valence-electron chi connectivity index (χ3n) is 4.23. The molecule has 1 fully saturated rings. The molecule has 0 saturated carbocycles. The van der Waals surface area contributed by atoms with Gasteiger partial charge in [-0.05, 0) is 58.0 Å². The SMILES string of the molecule is CC(C)(C(N)c1cc(F)ccc1F)N1CCCCC1. The highest BCUT2D eigenvalue weighted by Crippen LogP contribution is 2.32. The molecule has 1 aromatic carbocycles. The second-order valence-electron chi connectivity index (χ2n) is 5.84. The summed E-state index contributed by atoms with van der Waals surface area (Å²) >= 11 is 0. The molecule has 1 aliphatic rings. The summed E-state index contributed by atoms with van der Waals surface area (Å²) in [5.41, 5.74) is 6.10. The van der Waals surface area contributed by atoms with Crippen LogP contribution in [0.5, 0.6) is 0 Å². The van der Waals surface area contributed by atoms with Crippen molar-refractivity contribution in [2.75, 3.05) is 13.1 Å². The van der Waals surface area contributed by atoms with Crippen LogP contribution in [0.2, 0.25) is 0 Å². The normalized spacial score (nSPS) is 19.4. The quantitative estimate of drug-likeness (QED) is 0.912. The van der Waals surface area contributed by atoms with Crippen molar-refractivity contribution in [1.29, 1.82) is 0 Å². The smallest absolute Gasteiger partial charge is 0.128 e. The van der Waals surface area contributed by atoms with E-state index in [9.17, 15) is 8.78 Å². The van der Waals surface area contributed by atoms with Crippen molar-refractivity contribution >= 4 is 0 Å². The second kappa shape index (κ2) is 5.55. The van der Waals surface area contributed by atoms with E-state index in [0.29, 0.717) is 0 Å². The van der Waals surface area contributed by atoms with E-state index < -0.39 is 17.7 Å². The van der Waals surface area contributed by atoms with Gasteiger partial charge in [0.15, 0.2) is 0 Å². The zero-order valence-corrected chi connectivity index (χ0v) is 11.6. The van der Waals surface area contributed by atoms with Crippen molar-refractivity contribution < 1.29 is 8.78 Å². The highest BCUT2D eigenvalue weighted by Gasteiger charge is 2.36. The first-order valence-corrected chi connectivity index (χ1v) is 6.88. The molecule has 1 aromatic rings. The molecule has 0 spiro atoms. The highest BCUT2D eigenvalue weighted by atomic mass is 19.1. The summed E-state index contributed by atoms with van der Waals surface area (Å²) in [6.07, 6.45) is 3.51. The fraction of sp³-hybridized carbons (Fsp3) is 0.600. The van der Waals surface area contributed by atoms with Gasteiger partial charge in [0.05, 0.1) is 6.04 Å². The summed E-state index contributed by atoms with van der Waals surface area (Å²) in [5, 5.41) is 0. The van der Waals surface area contributed by atoms with E-state index in [4.69, 9.17) is 5.73 Å². The molecule has 2 N–H and O–H groups in total. The molecule has 1 saturated heterocycles. The summed E-state index contributed by atoms with van der Waals surface area (Å²) in [6.45, 7) is 5.95. The van der Waals surface area contributed by atoms with Crippen LogP contribution in [0.15, 0.2) is 18.2 Å². The van der Waals surface area contributed by atoms with E-state index in [1.165, 1.54) is 12.5 Å². The summed E-state index contributed by atoms with van der Waals surface area (Å²) in [4.78, 5) is 2.28. The van der Waals surface area contributed by atoms with Gasteiger partial charge in [0, 0.05) is 11.1 Å². The molecule has 2 rings (SSSR count). The average Bonchev–Trinajstić information content (AvgIpc) is 2.41. The van der Waals surface area contributed by atoms with Gasteiger partial charge in [-0.2, -0.15) is 0 Å². The Morgan fingerprint density at radius 1 is 1.16 bits per heavy atom. The summed E-state index contributed by atoms with van der Waals surface area (Å²) in [5.74, 6) is -0.875. The van der Waals surface area contributed by atoms with Crippen molar-refractivity contribution in [3.8, 4) is 0 Å². The Kier molecular flexibility index (Phi) is 4.21. The maximum Gasteiger partial charge on any atom is 0.128 e. The zero-order valence-electron chi connectivity index (χ0n) is 11.6. The second-order valence-corrected chi connectivity index (χ2v) is 5.84. The van der Waals surface area contributed by atoms with Crippen LogP contribution in [-0.2, 0) is 0 Å². The summed E-state index contributed by atoms with van der Waals surface area (Å²) in [6, 6.07) is 2.95. The van der Waals surface area contributed by atoms with E-state index in [1.807, 2.05) is 13.8 Å². The van der Waals surface area contributed by atoms with Crippen molar-refractivity contribution in [2.24, 2.45) is 5.73 Å². The van der Waals surface area contributed by atoms with E-state index in [-0.39, 0.29) is 11.1 Å². The molecular weight excluding hydrogens is 246 g/mol. The lowest BCUT2D eigenvalue weighted by Gasteiger charge is -2.44. The van der Waals surface area contributed by atoms with Crippen LogP contribution in [0, 0.1) is 11.6 Å². The van der Waals surface area contributed by atoms with Crippen LogP contribution in [0.25, 0.3) is 0 Å². The van der Waals surface area contributed by atoms with E-state index in [1.54, 1.807) is 0 Å². The Hall–Kier alpha value is -1.00. The number of hydrogen-bond donors (Lipinski definition) is 1. The minimum Gasteiger partial charge on any atom is -0.322 e. The number of likely N-dealkylation sites (tertiary alicyclic amines) is 1. The van der Waals surface area contributed by atoms with Crippen molar-refractivity contribution in [1.82, 2.24) is 4.90 Å². The molecule has 1 unspecified atom stereocenters. The molecule has 0 amide bonds. The van der Waals surface area contributed by atoms with Gasteiger partial charge in [0.2, 0.25) is 0 Å². The predicted molar refractivity (Wildman–Crippen MR) is 72.8 cm³/mol. The fourth-order valence-corrected chi connectivity index (χ4v) is 2.80. The minimum absolute atomic E-state index is 0.260. The largest absolute Gasteiger partial charge is 0.322 e. The molecule has 1 atom stereocenters. The number of nitrogens with zero attached hydrogens (tertiary/aromatic N) is 1. The van der Waals surface area contributed by atoms with Gasteiger partial charge in [0.1, 0.15) is 11.6 Å². The first kappa shape index (κ1) is 14.4. The van der Waals surface area contributed by atoms with E-state index in [0.717, 1.165) is 38.1 Å². The molecule has 0 radical (unpaired) electrons. The standard InChI is InChI=1S/C15H22F2N2/c1-15(2,19-8-4-3-5-9-19)14(18)12-10-11(16)6-7-13(12)17/h6-7,10,14H,3-5,8-9,18H2,1-2H3. The number of piperidine rings is 1. The maximum atomic E-state index is 13.9. The highest BCUT2D eigenvalue weighted by molar-refractivity contribution is 5.25. The van der Waals surface area contributed by atoms with Crippen molar-refractivity contribution in [3.05, 3.63) is 35.4 Å². The van der Waals surface area contributed by atoms with Gasteiger partial charge in [-0.3, -0.25) is 4.90 Å². The van der Waals surface area contributed by atoms with Gasteiger partial charge in [0.25, 0.3) is 0 Å². The van der Waals surface area contributed by atoms with Gasteiger partial charge in [-0.1, -0.05) is 6.42 Å². The van der Waals surface area contributed by atoms with Crippen molar-refractivity contribution in [3.63, 3.8) is 0 Å². The van der Waals surface area contributed by atoms with Gasteiger partial charge < -0.3 is 5.73 Å². The lowest BCUT2D eigenvalue weighted by atomic mass is 9.86.